The van der Waals surface area contributed by atoms with Crippen LogP contribution in [0, 0.1) is 0 Å². The average Bonchev–Trinajstić information content (AvgIpc) is 2.96. The number of nitrogens with one attached hydrogen (secondary N) is 1. The number of benzene rings is 1. The Balaban J connectivity index is 1.64. The van der Waals surface area contributed by atoms with Crippen LogP contribution in [0.3, 0.4) is 0 Å². The molecule has 2 unspecified atom stereocenters. The van der Waals surface area contributed by atoms with E-state index in [0.717, 1.165) is 38.9 Å². The van der Waals surface area contributed by atoms with Crippen LogP contribution in [0.5, 0.6) is 0 Å². The molecule has 4 heteroatoms. The lowest BCUT2D eigenvalue weighted by Crippen LogP contribution is -2.54. The molecule has 2 atom stereocenters. The number of likely N-dealkylation sites (tertiary alicyclic amines) is 1. The van der Waals surface area contributed by atoms with E-state index in [1.54, 1.807) is 0 Å². The Morgan fingerprint density at radius 2 is 2.20 bits per heavy atom. The van der Waals surface area contributed by atoms with E-state index in [-0.39, 0.29) is 11.9 Å². The quantitative estimate of drug-likeness (QED) is 0.884. The molecule has 1 radical (unpaired) electrons. The highest BCUT2D eigenvalue weighted by molar-refractivity contribution is 5.82. The molecule has 2 heterocycles. The minimum absolute atomic E-state index is 0.167. The number of carbonyl (C=O) groups is 1. The molecule has 2 aliphatic heterocycles. The summed E-state index contributed by atoms with van der Waals surface area (Å²) in [6, 6.07) is 10.6. The molecule has 1 N–H and O–H groups in total. The number of rotatable bonds is 3. The van der Waals surface area contributed by atoms with Crippen LogP contribution in [0.15, 0.2) is 30.3 Å². The maximum atomic E-state index is 12.6. The molecule has 4 nitrogen and oxygen atoms in total. The van der Waals surface area contributed by atoms with Gasteiger partial charge in [0.15, 0.2) is 0 Å². The zero-order valence-electron chi connectivity index (χ0n) is 11.8. The van der Waals surface area contributed by atoms with Gasteiger partial charge in [-0.2, -0.15) is 0 Å². The van der Waals surface area contributed by atoms with Crippen LogP contribution in [0.2, 0.25) is 0 Å². The van der Waals surface area contributed by atoms with Crippen LogP contribution in [-0.2, 0) is 11.2 Å². The molecule has 1 amide bonds. The fraction of sp³-hybridized carbons (Fsp3) is 0.562. The number of nitrogens with zero attached hydrogens (tertiary/aromatic N) is 2. The number of hydrogen-bond donors (Lipinski definition) is 1. The van der Waals surface area contributed by atoms with Gasteiger partial charge in [0.25, 0.3) is 0 Å². The van der Waals surface area contributed by atoms with E-state index < -0.39 is 0 Å². The van der Waals surface area contributed by atoms with Crippen molar-refractivity contribution in [1.82, 2.24) is 15.5 Å². The van der Waals surface area contributed by atoms with Gasteiger partial charge in [-0.1, -0.05) is 30.3 Å². The molecular weight excluding hydrogens is 250 g/mol. The second-order valence-electron chi connectivity index (χ2n) is 5.64. The van der Waals surface area contributed by atoms with Crippen molar-refractivity contribution >= 4 is 5.91 Å². The molecule has 2 fully saturated rings. The van der Waals surface area contributed by atoms with E-state index >= 15 is 0 Å². The molecule has 2 aliphatic rings. The van der Waals surface area contributed by atoms with Crippen molar-refractivity contribution in [3.8, 4) is 0 Å². The SMILES string of the molecule is O=C(C1CNCC[N]1)N1CCCC1Cc1ccccc1. The first-order valence-corrected chi connectivity index (χ1v) is 7.56. The van der Waals surface area contributed by atoms with Crippen molar-refractivity contribution < 1.29 is 4.79 Å². The largest absolute Gasteiger partial charge is 0.338 e. The summed E-state index contributed by atoms with van der Waals surface area (Å²) < 4.78 is 0. The maximum Gasteiger partial charge on any atom is 0.242 e. The Kier molecular flexibility index (Phi) is 4.33. The van der Waals surface area contributed by atoms with Gasteiger partial charge in [-0.25, -0.2) is 5.32 Å². The van der Waals surface area contributed by atoms with Gasteiger partial charge in [-0.3, -0.25) is 4.79 Å². The van der Waals surface area contributed by atoms with Gasteiger partial charge < -0.3 is 10.2 Å². The fourth-order valence-corrected chi connectivity index (χ4v) is 3.18. The van der Waals surface area contributed by atoms with Crippen molar-refractivity contribution in [3.05, 3.63) is 35.9 Å². The van der Waals surface area contributed by atoms with Crippen LogP contribution < -0.4 is 10.6 Å². The van der Waals surface area contributed by atoms with E-state index in [1.165, 1.54) is 5.56 Å². The zero-order chi connectivity index (χ0) is 13.8. The normalized spacial score (nSPS) is 26.7. The summed E-state index contributed by atoms with van der Waals surface area (Å²) in [4.78, 5) is 14.7. The lowest BCUT2D eigenvalue weighted by Gasteiger charge is -2.30. The Morgan fingerprint density at radius 3 is 2.95 bits per heavy atom. The Hall–Kier alpha value is -1.39. The lowest BCUT2D eigenvalue weighted by atomic mass is 10.0. The zero-order valence-corrected chi connectivity index (χ0v) is 11.8. The van der Waals surface area contributed by atoms with Gasteiger partial charge >= 0.3 is 0 Å². The van der Waals surface area contributed by atoms with Crippen molar-refractivity contribution in [2.75, 3.05) is 26.2 Å². The maximum absolute atomic E-state index is 12.6. The molecule has 1 aromatic rings. The van der Waals surface area contributed by atoms with Crippen molar-refractivity contribution in [2.45, 2.75) is 31.3 Å². The van der Waals surface area contributed by atoms with Gasteiger partial charge in [-0.15, -0.1) is 0 Å². The third-order valence-electron chi connectivity index (χ3n) is 4.24. The van der Waals surface area contributed by atoms with Crippen LogP contribution in [0.4, 0.5) is 0 Å². The van der Waals surface area contributed by atoms with Gasteiger partial charge in [0, 0.05) is 32.2 Å². The van der Waals surface area contributed by atoms with Gasteiger partial charge in [0.05, 0.1) is 0 Å². The standard InChI is InChI=1S/C16H22N3O/c20-16(15-12-17-8-9-18-15)19-10-4-7-14(19)11-13-5-2-1-3-6-13/h1-3,5-6,14-15,17H,4,7-12H2. The van der Waals surface area contributed by atoms with E-state index in [1.807, 2.05) is 6.07 Å². The summed E-state index contributed by atoms with van der Waals surface area (Å²) in [5.74, 6) is 0.218. The summed E-state index contributed by atoms with van der Waals surface area (Å²) in [5, 5.41) is 7.72. The van der Waals surface area contributed by atoms with Gasteiger partial charge in [-0.05, 0) is 24.8 Å². The van der Waals surface area contributed by atoms with Crippen LogP contribution in [0.25, 0.3) is 0 Å². The van der Waals surface area contributed by atoms with E-state index in [4.69, 9.17) is 0 Å². The first-order valence-electron chi connectivity index (χ1n) is 7.56. The topological polar surface area (TPSA) is 46.4 Å². The van der Waals surface area contributed by atoms with Gasteiger partial charge in [0.1, 0.15) is 6.04 Å². The number of piperazine rings is 1. The Morgan fingerprint density at radius 1 is 1.35 bits per heavy atom. The smallest absolute Gasteiger partial charge is 0.242 e. The highest BCUT2D eigenvalue weighted by Crippen LogP contribution is 2.22. The van der Waals surface area contributed by atoms with Crippen LogP contribution in [0.1, 0.15) is 18.4 Å². The summed E-state index contributed by atoms with van der Waals surface area (Å²) in [5.41, 5.74) is 1.32. The molecule has 1 aromatic carbocycles. The molecule has 0 saturated carbocycles. The summed E-state index contributed by atoms with van der Waals surface area (Å²) in [6.07, 6.45) is 3.19. The monoisotopic (exact) mass is 272 g/mol. The van der Waals surface area contributed by atoms with Gasteiger partial charge in [0.2, 0.25) is 5.91 Å². The summed E-state index contributed by atoms with van der Waals surface area (Å²) >= 11 is 0. The molecule has 0 spiro atoms. The molecule has 3 rings (SSSR count). The molecule has 0 aromatic heterocycles. The predicted molar refractivity (Wildman–Crippen MR) is 78.5 cm³/mol. The number of carbonyl (C=O) groups excluding carboxylic acids is 1. The van der Waals surface area contributed by atoms with Crippen molar-refractivity contribution in [2.24, 2.45) is 0 Å². The van der Waals surface area contributed by atoms with Crippen LogP contribution >= 0.6 is 0 Å². The van der Waals surface area contributed by atoms with E-state index in [9.17, 15) is 4.79 Å². The lowest BCUT2D eigenvalue weighted by molar-refractivity contribution is -0.134. The predicted octanol–water partition coefficient (Wildman–Crippen LogP) is 0.796. The summed E-state index contributed by atoms with van der Waals surface area (Å²) in [6.45, 7) is 3.25. The first-order chi connectivity index (χ1) is 9.84. The highest BCUT2D eigenvalue weighted by atomic mass is 16.2. The first kappa shape index (κ1) is 13.6. The number of amides is 1. The molecule has 2 saturated heterocycles. The molecule has 107 valence electrons. The van der Waals surface area contributed by atoms with Crippen molar-refractivity contribution in [1.29, 1.82) is 0 Å². The minimum atomic E-state index is -0.167. The summed E-state index contributed by atoms with van der Waals surface area (Å²) in [7, 11) is 0. The second kappa shape index (κ2) is 6.37. The third kappa shape index (κ3) is 3.02. The Labute approximate surface area is 120 Å². The highest BCUT2D eigenvalue weighted by Gasteiger charge is 2.33. The fourth-order valence-electron chi connectivity index (χ4n) is 3.18. The van der Waals surface area contributed by atoms with Crippen LogP contribution in [-0.4, -0.2) is 49.1 Å². The molecule has 0 aliphatic carbocycles. The minimum Gasteiger partial charge on any atom is -0.338 e. The molecular formula is C16H22N3O. The Bertz CT molecular complexity index is 442. The molecule has 0 bridgehead atoms. The van der Waals surface area contributed by atoms with E-state index in [2.05, 4.69) is 39.8 Å². The average molecular weight is 272 g/mol. The number of hydrogen-bond acceptors (Lipinski definition) is 2. The van der Waals surface area contributed by atoms with E-state index in [0.29, 0.717) is 12.6 Å². The molecule has 20 heavy (non-hydrogen) atoms. The van der Waals surface area contributed by atoms with Crippen molar-refractivity contribution in [3.63, 3.8) is 0 Å². The second-order valence-corrected chi connectivity index (χ2v) is 5.64. The third-order valence-corrected chi connectivity index (χ3v) is 4.24.